The van der Waals surface area contributed by atoms with Crippen molar-refractivity contribution in [1.29, 1.82) is 0 Å². The van der Waals surface area contributed by atoms with Gasteiger partial charge in [-0.05, 0) is 31.6 Å². The van der Waals surface area contributed by atoms with Crippen molar-refractivity contribution >= 4 is 11.6 Å². The first kappa shape index (κ1) is 13.9. The fraction of sp³-hybridized carbons (Fsp3) is 0.786. The number of rotatable bonds is 3. The van der Waals surface area contributed by atoms with Gasteiger partial charge in [-0.1, -0.05) is 37.8 Å². The Morgan fingerprint density at radius 3 is 2.72 bits per heavy atom. The molecule has 0 bridgehead atoms. The van der Waals surface area contributed by atoms with Gasteiger partial charge in [0.15, 0.2) is 0 Å². The minimum Gasteiger partial charge on any atom is -0.327 e. The molecule has 102 valence electrons. The first-order chi connectivity index (χ1) is 8.63. The highest BCUT2D eigenvalue weighted by molar-refractivity contribution is 6.31. The van der Waals surface area contributed by atoms with E-state index in [0.29, 0.717) is 12.0 Å². The zero-order valence-electron chi connectivity index (χ0n) is 11.5. The second-order valence-corrected chi connectivity index (χ2v) is 5.83. The van der Waals surface area contributed by atoms with Crippen LogP contribution in [-0.2, 0) is 19.9 Å². The Balaban J connectivity index is 2.14. The third-order valence-electron chi connectivity index (χ3n) is 4.18. The van der Waals surface area contributed by atoms with E-state index in [1.54, 1.807) is 0 Å². The van der Waals surface area contributed by atoms with Gasteiger partial charge in [0, 0.05) is 13.1 Å². The standard InChI is InChI=1S/C14H24ClN3/c1-3-12-14(15)13(18(2)17-12)9-10-7-5-4-6-8-11(10)16/h10-11H,3-9,16H2,1-2H3. The molecule has 1 fully saturated rings. The van der Waals surface area contributed by atoms with Crippen molar-refractivity contribution in [2.75, 3.05) is 0 Å². The number of hydrogen-bond donors (Lipinski definition) is 1. The predicted octanol–water partition coefficient (Wildman–Crippen LogP) is 3.09. The number of hydrogen-bond acceptors (Lipinski definition) is 2. The molecule has 1 aliphatic carbocycles. The fourth-order valence-electron chi connectivity index (χ4n) is 2.96. The molecule has 1 aromatic rings. The molecular weight excluding hydrogens is 246 g/mol. The highest BCUT2D eigenvalue weighted by atomic mass is 35.5. The van der Waals surface area contributed by atoms with Crippen molar-refractivity contribution in [2.24, 2.45) is 18.7 Å². The molecular formula is C14H24ClN3. The number of halogens is 1. The summed E-state index contributed by atoms with van der Waals surface area (Å²) in [4.78, 5) is 0. The molecule has 0 amide bonds. The van der Waals surface area contributed by atoms with Crippen LogP contribution in [0.1, 0.15) is 50.4 Å². The maximum atomic E-state index is 6.41. The third-order valence-corrected chi connectivity index (χ3v) is 4.61. The summed E-state index contributed by atoms with van der Waals surface area (Å²) in [6, 6.07) is 0.323. The van der Waals surface area contributed by atoms with Crippen LogP contribution >= 0.6 is 11.6 Å². The summed E-state index contributed by atoms with van der Waals surface area (Å²) >= 11 is 6.41. The van der Waals surface area contributed by atoms with Gasteiger partial charge in [-0.2, -0.15) is 5.10 Å². The highest BCUT2D eigenvalue weighted by Crippen LogP contribution is 2.29. The molecule has 0 aliphatic heterocycles. The van der Waals surface area contributed by atoms with Crippen LogP contribution in [0.15, 0.2) is 0 Å². The van der Waals surface area contributed by atoms with Gasteiger partial charge in [-0.25, -0.2) is 0 Å². The van der Waals surface area contributed by atoms with Crippen LogP contribution in [0.25, 0.3) is 0 Å². The minimum absolute atomic E-state index is 0.323. The smallest absolute Gasteiger partial charge is 0.0849 e. The Morgan fingerprint density at radius 2 is 2.06 bits per heavy atom. The molecule has 1 aromatic heterocycles. The molecule has 2 atom stereocenters. The topological polar surface area (TPSA) is 43.8 Å². The Kier molecular flexibility index (Phi) is 4.68. The van der Waals surface area contributed by atoms with Gasteiger partial charge in [-0.3, -0.25) is 4.68 Å². The number of aromatic nitrogens is 2. The largest absolute Gasteiger partial charge is 0.327 e. The van der Waals surface area contributed by atoms with Crippen LogP contribution < -0.4 is 5.73 Å². The molecule has 0 saturated heterocycles. The molecule has 4 heteroatoms. The monoisotopic (exact) mass is 269 g/mol. The van der Waals surface area contributed by atoms with E-state index in [0.717, 1.165) is 35.7 Å². The molecule has 1 heterocycles. The zero-order chi connectivity index (χ0) is 13.1. The molecule has 1 saturated carbocycles. The van der Waals surface area contributed by atoms with Crippen molar-refractivity contribution in [2.45, 2.75) is 57.9 Å². The summed E-state index contributed by atoms with van der Waals surface area (Å²) in [5.74, 6) is 0.560. The zero-order valence-corrected chi connectivity index (χ0v) is 12.2. The summed E-state index contributed by atoms with van der Waals surface area (Å²) in [6.07, 6.45) is 8.15. The Labute approximate surface area is 115 Å². The summed E-state index contributed by atoms with van der Waals surface area (Å²) < 4.78 is 1.94. The number of nitrogens with two attached hydrogens (primary N) is 1. The highest BCUT2D eigenvalue weighted by Gasteiger charge is 2.24. The van der Waals surface area contributed by atoms with E-state index in [4.69, 9.17) is 17.3 Å². The average molecular weight is 270 g/mol. The molecule has 0 spiro atoms. The predicted molar refractivity (Wildman–Crippen MR) is 75.9 cm³/mol. The van der Waals surface area contributed by atoms with Gasteiger partial charge in [0.2, 0.25) is 0 Å². The SMILES string of the molecule is CCc1nn(C)c(CC2CCCCCC2N)c1Cl. The molecule has 0 radical (unpaired) electrons. The summed E-state index contributed by atoms with van der Waals surface area (Å²) in [5, 5.41) is 5.34. The first-order valence-corrected chi connectivity index (χ1v) is 7.47. The van der Waals surface area contributed by atoms with Crippen LogP contribution in [-0.4, -0.2) is 15.8 Å². The van der Waals surface area contributed by atoms with E-state index in [1.165, 1.54) is 25.7 Å². The van der Waals surface area contributed by atoms with E-state index in [1.807, 2.05) is 11.7 Å². The van der Waals surface area contributed by atoms with Crippen molar-refractivity contribution in [1.82, 2.24) is 9.78 Å². The normalized spacial score (nSPS) is 25.1. The summed E-state index contributed by atoms with van der Waals surface area (Å²) in [7, 11) is 1.99. The van der Waals surface area contributed by atoms with Crippen LogP contribution in [0.5, 0.6) is 0 Å². The van der Waals surface area contributed by atoms with E-state index < -0.39 is 0 Å². The van der Waals surface area contributed by atoms with Gasteiger partial charge in [0.25, 0.3) is 0 Å². The Morgan fingerprint density at radius 1 is 1.33 bits per heavy atom. The van der Waals surface area contributed by atoms with E-state index in [9.17, 15) is 0 Å². The lowest BCUT2D eigenvalue weighted by molar-refractivity contribution is 0.387. The van der Waals surface area contributed by atoms with Crippen LogP contribution in [0.3, 0.4) is 0 Å². The lowest BCUT2D eigenvalue weighted by atomic mass is 9.90. The average Bonchev–Trinajstić information content (AvgIpc) is 2.52. The lowest BCUT2D eigenvalue weighted by Crippen LogP contribution is -2.31. The van der Waals surface area contributed by atoms with E-state index in [-0.39, 0.29) is 0 Å². The second kappa shape index (κ2) is 6.07. The number of aryl methyl sites for hydroxylation is 2. The van der Waals surface area contributed by atoms with Crippen molar-refractivity contribution in [3.8, 4) is 0 Å². The first-order valence-electron chi connectivity index (χ1n) is 7.09. The van der Waals surface area contributed by atoms with Gasteiger partial charge in [0.05, 0.1) is 16.4 Å². The van der Waals surface area contributed by atoms with Crippen molar-refractivity contribution in [3.05, 3.63) is 16.4 Å². The molecule has 2 rings (SSSR count). The quantitative estimate of drug-likeness (QED) is 0.857. The summed E-state index contributed by atoms with van der Waals surface area (Å²) in [6.45, 7) is 2.09. The van der Waals surface area contributed by atoms with Gasteiger partial charge in [-0.15, -0.1) is 0 Å². The molecule has 1 aliphatic rings. The second-order valence-electron chi connectivity index (χ2n) is 5.45. The van der Waals surface area contributed by atoms with E-state index >= 15 is 0 Å². The van der Waals surface area contributed by atoms with Crippen LogP contribution in [0.4, 0.5) is 0 Å². The van der Waals surface area contributed by atoms with Crippen LogP contribution in [0, 0.1) is 5.92 Å². The van der Waals surface area contributed by atoms with Crippen molar-refractivity contribution < 1.29 is 0 Å². The van der Waals surface area contributed by atoms with Crippen molar-refractivity contribution in [3.63, 3.8) is 0 Å². The third kappa shape index (κ3) is 2.89. The van der Waals surface area contributed by atoms with Gasteiger partial charge < -0.3 is 5.73 Å². The summed E-state index contributed by atoms with van der Waals surface area (Å²) in [5.41, 5.74) is 8.47. The molecule has 18 heavy (non-hydrogen) atoms. The molecule has 3 nitrogen and oxygen atoms in total. The van der Waals surface area contributed by atoms with E-state index in [2.05, 4.69) is 12.0 Å². The maximum absolute atomic E-state index is 6.41. The molecule has 2 unspecified atom stereocenters. The van der Waals surface area contributed by atoms with Gasteiger partial charge >= 0.3 is 0 Å². The molecule has 0 aromatic carbocycles. The minimum atomic E-state index is 0.323. The molecule has 2 N–H and O–H groups in total. The van der Waals surface area contributed by atoms with Crippen LogP contribution in [0.2, 0.25) is 5.02 Å². The fourth-order valence-corrected chi connectivity index (χ4v) is 3.33. The Bertz CT molecular complexity index is 400. The maximum Gasteiger partial charge on any atom is 0.0849 e. The number of nitrogens with zero attached hydrogens (tertiary/aromatic N) is 2. The Hall–Kier alpha value is -0.540. The van der Waals surface area contributed by atoms with Gasteiger partial charge in [0.1, 0.15) is 0 Å². The lowest BCUT2D eigenvalue weighted by Gasteiger charge is -2.21.